The molecule has 0 aliphatic carbocycles. The number of rotatable bonds is 5. The van der Waals surface area contributed by atoms with Gasteiger partial charge in [0.2, 0.25) is 5.13 Å². The lowest BCUT2D eigenvalue weighted by atomic mass is 9.94. The van der Waals surface area contributed by atoms with E-state index in [1.165, 1.54) is 11.5 Å². The largest absolute Gasteiger partial charge is 0.481 e. The van der Waals surface area contributed by atoms with E-state index in [0.717, 1.165) is 49.7 Å². The predicted molar refractivity (Wildman–Crippen MR) is 71.1 cm³/mol. The number of carboxylic acid groups (broad SMARTS) is 1. The van der Waals surface area contributed by atoms with Crippen molar-refractivity contribution in [1.29, 1.82) is 0 Å². The second-order valence-electron chi connectivity index (χ2n) is 4.77. The Morgan fingerprint density at radius 1 is 1.50 bits per heavy atom. The normalized spacial score (nSPS) is 17.1. The summed E-state index contributed by atoms with van der Waals surface area (Å²) in [5.74, 6) is 0.571. The predicted octanol–water partition coefficient (Wildman–Crippen LogP) is 2.18. The van der Waals surface area contributed by atoms with Gasteiger partial charge < -0.3 is 10.0 Å². The Hall–Kier alpha value is -1.17. The zero-order valence-corrected chi connectivity index (χ0v) is 11.4. The SMILES string of the molecule is CCCc1nsc(N2CCC(CC(=O)O)CC2)n1. The lowest BCUT2D eigenvalue weighted by Gasteiger charge is -2.30. The van der Waals surface area contributed by atoms with Crippen LogP contribution >= 0.6 is 11.5 Å². The number of aryl methyl sites for hydroxylation is 1. The molecule has 100 valence electrons. The number of aliphatic carboxylic acids is 1. The topological polar surface area (TPSA) is 66.3 Å². The van der Waals surface area contributed by atoms with Crippen molar-refractivity contribution in [2.24, 2.45) is 5.92 Å². The number of hydrogen-bond acceptors (Lipinski definition) is 5. The van der Waals surface area contributed by atoms with E-state index in [0.29, 0.717) is 12.3 Å². The van der Waals surface area contributed by atoms with Crippen molar-refractivity contribution in [3.05, 3.63) is 5.82 Å². The summed E-state index contributed by atoms with van der Waals surface area (Å²) in [6.45, 7) is 3.93. The molecule has 1 fully saturated rings. The maximum absolute atomic E-state index is 10.7. The van der Waals surface area contributed by atoms with E-state index in [1.807, 2.05) is 0 Å². The van der Waals surface area contributed by atoms with Crippen molar-refractivity contribution in [3.63, 3.8) is 0 Å². The molecule has 0 bridgehead atoms. The van der Waals surface area contributed by atoms with Gasteiger partial charge in [-0.2, -0.15) is 4.37 Å². The fourth-order valence-corrected chi connectivity index (χ4v) is 3.04. The zero-order chi connectivity index (χ0) is 13.0. The molecule has 0 saturated carbocycles. The molecule has 1 aromatic heterocycles. The summed E-state index contributed by atoms with van der Waals surface area (Å²) in [7, 11) is 0. The number of piperidine rings is 1. The average Bonchev–Trinajstić information content (AvgIpc) is 2.78. The van der Waals surface area contributed by atoms with Crippen molar-refractivity contribution in [2.75, 3.05) is 18.0 Å². The van der Waals surface area contributed by atoms with Crippen LogP contribution in [0.1, 0.15) is 38.4 Å². The van der Waals surface area contributed by atoms with Gasteiger partial charge in [-0.15, -0.1) is 0 Å². The molecule has 1 aliphatic heterocycles. The highest BCUT2D eigenvalue weighted by Crippen LogP contribution is 2.26. The minimum atomic E-state index is -0.686. The Labute approximate surface area is 111 Å². The van der Waals surface area contributed by atoms with E-state index >= 15 is 0 Å². The molecule has 0 radical (unpaired) electrons. The van der Waals surface area contributed by atoms with Crippen LogP contribution in [0.4, 0.5) is 5.13 Å². The van der Waals surface area contributed by atoms with Gasteiger partial charge in [0, 0.05) is 37.5 Å². The zero-order valence-electron chi connectivity index (χ0n) is 10.6. The Morgan fingerprint density at radius 3 is 2.83 bits per heavy atom. The molecule has 1 aliphatic rings. The fourth-order valence-electron chi connectivity index (χ4n) is 2.27. The first-order chi connectivity index (χ1) is 8.69. The standard InChI is InChI=1S/C12H19N3O2S/c1-2-3-10-13-12(18-14-10)15-6-4-9(5-7-15)8-11(16)17/h9H,2-8H2,1H3,(H,16,17). The van der Waals surface area contributed by atoms with Gasteiger partial charge in [0.25, 0.3) is 0 Å². The molecule has 6 heteroatoms. The molecule has 1 N–H and O–H groups in total. The van der Waals surface area contributed by atoms with E-state index in [-0.39, 0.29) is 0 Å². The highest BCUT2D eigenvalue weighted by Gasteiger charge is 2.23. The highest BCUT2D eigenvalue weighted by molar-refractivity contribution is 7.09. The van der Waals surface area contributed by atoms with Crippen molar-refractivity contribution in [2.45, 2.75) is 39.0 Å². The van der Waals surface area contributed by atoms with Gasteiger partial charge in [0.1, 0.15) is 5.82 Å². The van der Waals surface area contributed by atoms with Crippen molar-refractivity contribution >= 4 is 22.6 Å². The molecule has 0 unspecified atom stereocenters. The number of hydrogen-bond donors (Lipinski definition) is 1. The summed E-state index contributed by atoms with van der Waals surface area (Å²) in [5, 5.41) is 9.77. The maximum Gasteiger partial charge on any atom is 0.303 e. The number of anilines is 1. The third-order valence-corrected chi connectivity index (χ3v) is 4.09. The molecule has 5 nitrogen and oxygen atoms in total. The Morgan fingerprint density at radius 2 is 2.22 bits per heavy atom. The second kappa shape index (κ2) is 6.13. The van der Waals surface area contributed by atoms with Crippen LogP contribution in [0.15, 0.2) is 0 Å². The van der Waals surface area contributed by atoms with Gasteiger partial charge >= 0.3 is 5.97 Å². The summed E-state index contributed by atoms with van der Waals surface area (Å²) < 4.78 is 4.34. The molecule has 0 spiro atoms. The number of carboxylic acids is 1. The first kappa shape index (κ1) is 13.3. The summed E-state index contributed by atoms with van der Waals surface area (Å²) in [5.41, 5.74) is 0. The lowest BCUT2D eigenvalue weighted by molar-refractivity contribution is -0.138. The average molecular weight is 269 g/mol. The number of carbonyl (C=O) groups is 1. The summed E-state index contributed by atoms with van der Waals surface area (Å²) >= 11 is 1.46. The van der Waals surface area contributed by atoms with E-state index in [1.54, 1.807) is 0 Å². The third-order valence-electron chi connectivity index (χ3n) is 3.28. The third kappa shape index (κ3) is 3.41. The van der Waals surface area contributed by atoms with Crippen LogP contribution in [0.5, 0.6) is 0 Å². The van der Waals surface area contributed by atoms with Crippen LogP contribution in [0, 0.1) is 5.92 Å². The molecule has 2 heterocycles. The summed E-state index contributed by atoms with van der Waals surface area (Å²) in [6.07, 6.45) is 4.18. The summed E-state index contributed by atoms with van der Waals surface area (Å²) in [6, 6.07) is 0. The van der Waals surface area contributed by atoms with E-state index in [9.17, 15) is 4.79 Å². The minimum Gasteiger partial charge on any atom is -0.481 e. The molecule has 0 aromatic carbocycles. The van der Waals surface area contributed by atoms with E-state index < -0.39 is 5.97 Å². The van der Waals surface area contributed by atoms with E-state index in [4.69, 9.17) is 5.11 Å². The molecule has 0 atom stereocenters. The molecule has 18 heavy (non-hydrogen) atoms. The monoisotopic (exact) mass is 269 g/mol. The first-order valence-corrected chi connectivity index (χ1v) is 7.25. The molecule has 1 aromatic rings. The van der Waals surface area contributed by atoms with E-state index in [2.05, 4.69) is 21.2 Å². The number of aromatic nitrogens is 2. The van der Waals surface area contributed by atoms with Crippen LogP contribution < -0.4 is 4.90 Å². The lowest BCUT2D eigenvalue weighted by Crippen LogP contribution is -2.34. The molecule has 0 amide bonds. The van der Waals surface area contributed by atoms with Crippen LogP contribution in [0.2, 0.25) is 0 Å². The Bertz CT molecular complexity index is 400. The van der Waals surface area contributed by atoms with Gasteiger partial charge in [-0.25, -0.2) is 4.98 Å². The quantitative estimate of drug-likeness (QED) is 0.887. The van der Waals surface area contributed by atoms with Gasteiger partial charge in [0.15, 0.2) is 0 Å². The number of nitrogens with zero attached hydrogens (tertiary/aromatic N) is 3. The Balaban J connectivity index is 1.86. The van der Waals surface area contributed by atoms with Crippen molar-refractivity contribution in [1.82, 2.24) is 9.36 Å². The second-order valence-corrected chi connectivity index (χ2v) is 5.50. The first-order valence-electron chi connectivity index (χ1n) is 6.48. The van der Waals surface area contributed by atoms with Crippen molar-refractivity contribution < 1.29 is 9.90 Å². The fraction of sp³-hybridized carbons (Fsp3) is 0.750. The van der Waals surface area contributed by atoms with Crippen molar-refractivity contribution in [3.8, 4) is 0 Å². The van der Waals surface area contributed by atoms with Gasteiger partial charge in [-0.1, -0.05) is 6.92 Å². The highest BCUT2D eigenvalue weighted by atomic mass is 32.1. The van der Waals surface area contributed by atoms with Crippen LogP contribution in [-0.2, 0) is 11.2 Å². The van der Waals surface area contributed by atoms with Crippen LogP contribution in [0.25, 0.3) is 0 Å². The van der Waals surface area contributed by atoms with Crippen LogP contribution in [-0.4, -0.2) is 33.5 Å². The van der Waals surface area contributed by atoms with Gasteiger partial charge in [-0.05, 0) is 25.2 Å². The smallest absolute Gasteiger partial charge is 0.303 e. The molecule has 1 saturated heterocycles. The summed E-state index contributed by atoms with van der Waals surface area (Å²) in [4.78, 5) is 17.4. The maximum atomic E-state index is 10.7. The van der Waals surface area contributed by atoms with Gasteiger partial charge in [0.05, 0.1) is 0 Å². The minimum absolute atomic E-state index is 0.297. The van der Waals surface area contributed by atoms with Gasteiger partial charge in [-0.3, -0.25) is 4.79 Å². The Kier molecular flexibility index (Phi) is 4.52. The molecular formula is C12H19N3O2S. The molecular weight excluding hydrogens is 250 g/mol. The molecule has 2 rings (SSSR count). The van der Waals surface area contributed by atoms with Crippen LogP contribution in [0.3, 0.4) is 0 Å².